The zero-order chi connectivity index (χ0) is 20.4. The molecule has 0 aliphatic carbocycles. The summed E-state index contributed by atoms with van der Waals surface area (Å²) in [6.45, 7) is 0.602. The van der Waals surface area contributed by atoms with Crippen molar-refractivity contribution in [3.63, 3.8) is 0 Å². The van der Waals surface area contributed by atoms with Gasteiger partial charge in [-0.25, -0.2) is 0 Å². The normalized spacial score (nSPS) is 10.7. The maximum atomic E-state index is 6.12. The number of pyridine rings is 1. The molecule has 0 N–H and O–H groups in total. The van der Waals surface area contributed by atoms with Gasteiger partial charge in [-0.05, 0) is 59.7 Å². The lowest BCUT2D eigenvalue weighted by Crippen LogP contribution is -2.01. The van der Waals surface area contributed by atoms with Crippen molar-refractivity contribution in [1.82, 2.24) is 4.98 Å². The van der Waals surface area contributed by atoms with Gasteiger partial charge in [0.25, 0.3) is 0 Å². The molecule has 150 valence electrons. The molecular weight excluding hydrogens is 366 g/mol. The van der Waals surface area contributed by atoms with Crippen LogP contribution in [0.4, 0.5) is 0 Å². The average Bonchev–Trinajstić information content (AvgIpc) is 2.81. The lowest BCUT2D eigenvalue weighted by atomic mass is 9.97. The number of aromatic nitrogens is 1. The van der Waals surface area contributed by atoms with E-state index in [-0.39, 0.29) is 0 Å². The summed E-state index contributed by atoms with van der Waals surface area (Å²) in [7, 11) is 0. The standard InChI is InChI=1S/C28H27NO/c1-2-11-23(12-3-1)22-30-28-19-7-6-14-25(28)17-10-16-24-13-4-5-15-26(24)21-27-18-8-9-20-29-27/h1-9,11-15,18-20H,10,16-17,21-22H2. The monoisotopic (exact) mass is 393 g/mol. The number of ether oxygens (including phenoxy) is 1. The predicted molar refractivity (Wildman–Crippen MR) is 123 cm³/mol. The van der Waals surface area contributed by atoms with Gasteiger partial charge in [0.05, 0.1) is 0 Å². The summed E-state index contributed by atoms with van der Waals surface area (Å²) in [6, 6.07) is 33.6. The van der Waals surface area contributed by atoms with E-state index < -0.39 is 0 Å². The van der Waals surface area contributed by atoms with Gasteiger partial charge in [-0.2, -0.15) is 0 Å². The molecule has 4 rings (SSSR count). The lowest BCUT2D eigenvalue weighted by Gasteiger charge is -2.13. The Kier molecular flexibility index (Phi) is 6.90. The van der Waals surface area contributed by atoms with Crippen LogP contribution >= 0.6 is 0 Å². The molecular formula is C28H27NO. The van der Waals surface area contributed by atoms with Crippen molar-refractivity contribution in [2.75, 3.05) is 0 Å². The predicted octanol–water partition coefficient (Wildman–Crippen LogP) is 6.43. The topological polar surface area (TPSA) is 22.1 Å². The van der Waals surface area contributed by atoms with Crippen molar-refractivity contribution in [1.29, 1.82) is 0 Å². The number of hydrogen-bond donors (Lipinski definition) is 0. The molecule has 0 fully saturated rings. The maximum Gasteiger partial charge on any atom is 0.122 e. The van der Waals surface area contributed by atoms with Crippen LogP contribution in [-0.2, 0) is 25.9 Å². The first-order valence-electron chi connectivity index (χ1n) is 10.6. The molecule has 0 atom stereocenters. The summed E-state index contributed by atoms with van der Waals surface area (Å²) in [5.74, 6) is 0.989. The Hall–Kier alpha value is -3.39. The average molecular weight is 394 g/mol. The van der Waals surface area contributed by atoms with Crippen molar-refractivity contribution in [3.8, 4) is 5.75 Å². The second-order valence-electron chi connectivity index (χ2n) is 7.50. The summed E-state index contributed by atoms with van der Waals surface area (Å²) in [6.07, 6.45) is 5.89. The van der Waals surface area contributed by atoms with Gasteiger partial charge in [-0.15, -0.1) is 0 Å². The lowest BCUT2D eigenvalue weighted by molar-refractivity contribution is 0.302. The highest BCUT2D eigenvalue weighted by Crippen LogP contribution is 2.22. The first-order valence-corrected chi connectivity index (χ1v) is 10.6. The van der Waals surface area contributed by atoms with Crippen LogP contribution in [0.2, 0.25) is 0 Å². The molecule has 1 heterocycles. The molecule has 1 aromatic heterocycles. The number of benzene rings is 3. The molecule has 0 unspecified atom stereocenters. The molecule has 0 bridgehead atoms. The third-order valence-corrected chi connectivity index (χ3v) is 5.32. The fourth-order valence-electron chi connectivity index (χ4n) is 3.73. The Morgan fingerprint density at radius 2 is 1.27 bits per heavy atom. The van der Waals surface area contributed by atoms with Crippen molar-refractivity contribution in [3.05, 3.63) is 131 Å². The minimum absolute atomic E-state index is 0.602. The summed E-state index contributed by atoms with van der Waals surface area (Å²) in [5, 5.41) is 0. The van der Waals surface area contributed by atoms with E-state index in [1.165, 1.54) is 22.3 Å². The zero-order valence-corrected chi connectivity index (χ0v) is 17.2. The van der Waals surface area contributed by atoms with E-state index in [2.05, 4.69) is 71.7 Å². The number of aryl methyl sites for hydroxylation is 2. The van der Waals surface area contributed by atoms with Gasteiger partial charge in [0.15, 0.2) is 0 Å². The quantitative estimate of drug-likeness (QED) is 0.327. The molecule has 0 radical (unpaired) electrons. The van der Waals surface area contributed by atoms with Gasteiger partial charge in [-0.1, -0.05) is 78.9 Å². The smallest absolute Gasteiger partial charge is 0.122 e. The third-order valence-electron chi connectivity index (χ3n) is 5.32. The second kappa shape index (κ2) is 10.4. The third kappa shape index (κ3) is 5.57. The molecule has 2 nitrogen and oxygen atoms in total. The van der Waals surface area contributed by atoms with E-state index >= 15 is 0 Å². The van der Waals surface area contributed by atoms with Crippen LogP contribution in [0.5, 0.6) is 5.75 Å². The van der Waals surface area contributed by atoms with E-state index in [0.717, 1.165) is 37.1 Å². The van der Waals surface area contributed by atoms with Crippen molar-refractivity contribution < 1.29 is 4.74 Å². The van der Waals surface area contributed by atoms with E-state index in [4.69, 9.17) is 4.74 Å². The maximum absolute atomic E-state index is 6.12. The summed E-state index contributed by atoms with van der Waals surface area (Å²) in [5.41, 5.74) is 6.35. The first kappa shape index (κ1) is 19.9. The SMILES string of the molecule is c1ccc(COc2ccccc2CCCc2ccccc2Cc2ccccn2)cc1. The highest BCUT2D eigenvalue weighted by atomic mass is 16.5. The minimum Gasteiger partial charge on any atom is -0.489 e. The van der Waals surface area contributed by atoms with Crippen LogP contribution in [0.25, 0.3) is 0 Å². The second-order valence-corrected chi connectivity index (χ2v) is 7.50. The van der Waals surface area contributed by atoms with E-state index in [0.29, 0.717) is 6.61 Å². The van der Waals surface area contributed by atoms with Crippen molar-refractivity contribution >= 4 is 0 Å². The van der Waals surface area contributed by atoms with Crippen molar-refractivity contribution in [2.45, 2.75) is 32.3 Å². The van der Waals surface area contributed by atoms with Gasteiger partial charge in [0, 0.05) is 18.3 Å². The van der Waals surface area contributed by atoms with Gasteiger partial charge >= 0.3 is 0 Å². The highest BCUT2D eigenvalue weighted by Gasteiger charge is 2.07. The number of rotatable bonds is 9. The van der Waals surface area contributed by atoms with Crippen LogP contribution in [0.15, 0.2) is 103 Å². The highest BCUT2D eigenvalue weighted by molar-refractivity contribution is 5.35. The molecule has 0 saturated carbocycles. The number of nitrogens with zero attached hydrogens (tertiary/aromatic N) is 1. The van der Waals surface area contributed by atoms with Gasteiger partial charge in [0.2, 0.25) is 0 Å². The van der Waals surface area contributed by atoms with Gasteiger partial charge < -0.3 is 4.74 Å². The van der Waals surface area contributed by atoms with Crippen LogP contribution in [0.3, 0.4) is 0 Å². The molecule has 30 heavy (non-hydrogen) atoms. The Bertz CT molecular complexity index is 1040. The summed E-state index contributed by atoms with van der Waals surface area (Å²) < 4.78 is 6.12. The molecule has 0 saturated heterocycles. The van der Waals surface area contributed by atoms with Crippen LogP contribution in [-0.4, -0.2) is 4.98 Å². The Labute approximate surface area is 179 Å². The molecule has 0 amide bonds. The van der Waals surface area contributed by atoms with E-state index in [1.54, 1.807) is 0 Å². The minimum atomic E-state index is 0.602. The zero-order valence-electron chi connectivity index (χ0n) is 17.2. The number of hydrogen-bond acceptors (Lipinski definition) is 2. The molecule has 2 heteroatoms. The van der Waals surface area contributed by atoms with E-state index in [9.17, 15) is 0 Å². The van der Waals surface area contributed by atoms with E-state index in [1.807, 2.05) is 36.5 Å². The molecule has 0 spiro atoms. The summed E-state index contributed by atoms with van der Waals surface area (Å²) >= 11 is 0. The van der Waals surface area contributed by atoms with Crippen LogP contribution < -0.4 is 4.74 Å². The molecule has 0 aliphatic rings. The fraction of sp³-hybridized carbons (Fsp3) is 0.179. The molecule has 0 aliphatic heterocycles. The largest absolute Gasteiger partial charge is 0.489 e. The first-order chi connectivity index (χ1) is 14.9. The van der Waals surface area contributed by atoms with Crippen molar-refractivity contribution in [2.24, 2.45) is 0 Å². The van der Waals surface area contributed by atoms with Crippen LogP contribution in [0, 0.1) is 0 Å². The Morgan fingerprint density at radius 1 is 0.600 bits per heavy atom. The van der Waals surface area contributed by atoms with Crippen LogP contribution in [0.1, 0.15) is 34.4 Å². The Balaban J connectivity index is 1.37. The molecule has 3 aromatic carbocycles. The summed E-state index contributed by atoms with van der Waals surface area (Å²) in [4.78, 5) is 4.48. The number of para-hydroxylation sites is 1. The van der Waals surface area contributed by atoms with Gasteiger partial charge in [-0.3, -0.25) is 4.98 Å². The molecule has 4 aromatic rings. The fourth-order valence-corrected chi connectivity index (χ4v) is 3.73. The van der Waals surface area contributed by atoms with Gasteiger partial charge in [0.1, 0.15) is 12.4 Å². The Morgan fingerprint density at radius 3 is 2.07 bits per heavy atom.